The molecule has 0 fully saturated rings. The van der Waals surface area contributed by atoms with Gasteiger partial charge in [-0.05, 0) is 82.9 Å². The van der Waals surface area contributed by atoms with Gasteiger partial charge < -0.3 is 9.47 Å². The number of anilines is 2. The van der Waals surface area contributed by atoms with Crippen LogP contribution in [0, 0.1) is 12.1 Å². The lowest BCUT2D eigenvalue weighted by Crippen LogP contribution is -2.28. The monoisotopic (exact) mass is 546 g/mol. The van der Waals surface area contributed by atoms with Gasteiger partial charge in [-0.3, -0.25) is 0 Å². The van der Waals surface area contributed by atoms with Gasteiger partial charge in [-0.1, -0.05) is 103 Å². The van der Waals surface area contributed by atoms with Crippen molar-refractivity contribution in [3.8, 4) is 11.1 Å². The molecule has 0 spiro atoms. The number of rotatable bonds is 3. The Hall–Kier alpha value is -5.74. The second kappa shape index (κ2) is 9.40. The smallest absolute Gasteiger partial charge is 0.0891 e. The van der Waals surface area contributed by atoms with Crippen LogP contribution in [0.5, 0.6) is 0 Å². The first-order valence-electron chi connectivity index (χ1n) is 14.8. The zero-order valence-electron chi connectivity index (χ0n) is 23.4. The summed E-state index contributed by atoms with van der Waals surface area (Å²) in [6.45, 7) is 0. The number of fused-ring (bicyclic) bond motifs is 7. The number of nitrogens with zero attached hydrogens (tertiary/aromatic N) is 2. The predicted octanol–water partition coefficient (Wildman–Crippen LogP) is 9.97. The minimum absolute atomic E-state index is 0.229. The van der Waals surface area contributed by atoms with E-state index in [1.807, 2.05) is 6.07 Å². The molecular formula is C41H26N2. The van der Waals surface area contributed by atoms with Crippen molar-refractivity contribution in [1.82, 2.24) is 4.57 Å². The highest BCUT2D eigenvalue weighted by molar-refractivity contribution is 6.12. The van der Waals surface area contributed by atoms with Crippen LogP contribution >= 0.6 is 0 Å². The third kappa shape index (κ3) is 3.70. The Kier molecular flexibility index (Phi) is 5.23. The van der Waals surface area contributed by atoms with Crippen molar-refractivity contribution in [2.45, 2.75) is 12.0 Å². The number of hydrogen-bond acceptors (Lipinski definition) is 1. The maximum absolute atomic E-state index is 3.60. The zero-order chi connectivity index (χ0) is 28.3. The maximum atomic E-state index is 3.60. The van der Waals surface area contributed by atoms with Gasteiger partial charge in [0, 0.05) is 33.6 Å². The highest BCUT2D eigenvalue weighted by Gasteiger charge is 2.38. The summed E-state index contributed by atoms with van der Waals surface area (Å²) >= 11 is 0. The lowest BCUT2D eigenvalue weighted by molar-refractivity contribution is 0.745. The molecule has 5 aromatic carbocycles. The lowest BCUT2D eigenvalue weighted by Gasteiger charge is -2.29. The summed E-state index contributed by atoms with van der Waals surface area (Å²) in [7, 11) is 0. The fourth-order valence-electron chi connectivity index (χ4n) is 6.98. The van der Waals surface area contributed by atoms with Crippen LogP contribution in [0.2, 0.25) is 0 Å². The Morgan fingerprint density at radius 3 is 2.40 bits per heavy atom. The van der Waals surface area contributed by atoms with Gasteiger partial charge in [0.2, 0.25) is 0 Å². The Morgan fingerprint density at radius 2 is 1.49 bits per heavy atom. The first-order chi connectivity index (χ1) is 21.3. The quantitative estimate of drug-likeness (QED) is 0.201. The number of hydrogen-bond donors (Lipinski definition) is 0. The van der Waals surface area contributed by atoms with Crippen molar-refractivity contribution in [2.75, 3.05) is 4.90 Å². The number of aromatic nitrogens is 1. The second-order valence-electron chi connectivity index (χ2n) is 11.3. The van der Waals surface area contributed by atoms with E-state index < -0.39 is 0 Å². The fraction of sp³-hybridized carbons (Fsp3) is 0.0488. The van der Waals surface area contributed by atoms with Crippen LogP contribution in [0.1, 0.15) is 22.6 Å². The van der Waals surface area contributed by atoms with Crippen molar-refractivity contribution in [3.63, 3.8) is 0 Å². The average molecular weight is 547 g/mol. The summed E-state index contributed by atoms with van der Waals surface area (Å²) in [6.07, 6.45) is 15.4. The Labute approximate surface area is 251 Å². The first-order valence-corrected chi connectivity index (χ1v) is 14.8. The molecule has 9 rings (SSSR count). The van der Waals surface area contributed by atoms with E-state index >= 15 is 0 Å². The van der Waals surface area contributed by atoms with Gasteiger partial charge >= 0.3 is 0 Å². The number of para-hydroxylation sites is 1. The summed E-state index contributed by atoms with van der Waals surface area (Å²) in [5.74, 6) is 0.290. The minimum Gasteiger partial charge on any atom is -0.333 e. The fourth-order valence-corrected chi connectivity index (χ4v) is 6.98. The van der Waals surface area contributed by atoms with Crippen molar-refractivity contribution < 1.29 is 0 Å². The van der Waals surface area contributed by atoms with Crippen LogP contribution in [0.4, 0.5) is 11.4 Å². The largest absolute Gasteiger partial charge is 0.333 e. The summed E-state index contributed by atoms with van der Waals surface area (Å²) in [4.78, 5) is 2.52. The van der Waals surface area contributed by atoms with Gasteiger partial charge in [0.1, 0.15) is 0 Å². The Balaban J connectivity index is 1.25. The van der Waals surface area contributed by atoms with E-state index in [1.54, 1.807) is 0 Å². The number of allylic oxidation sites excluding steroid dienone is 4. The molecule has 2 nitrogen and oxygen atoms in total. The molecule has 1 aromatic heterocycles. The van der Waals surface area contributed by atoms with E-state index in [1.165, 1.54) is 49.9 Å². The van der Waals surface area contributed by atoms with Crippen molar-refractivity contribution in [2.24, 2.45) is 0 Å². The Bertz CT molecular complexity index is 2220. The molecule has 2 unspecified atom stereocenters. The lowest BCUT2D eigenvalue weighted by atomic mass is 9.90. The molecule has 2 atom stereocenters. The van der Waals surface area contributed by atoms with Crippen LogP contribution in [-0.4, -0.2) is 10.6 Å². The molecular weight excluding hydrogens is 520 g/mol. The molecule has 2 heteroatoms. The van der Waals surface area contributed by atoms with E-state index in [9.17, 15) is 0 Å². The van der Waals surface area contributed by atoms with Crippen LogP contribution in [0.15, 0.2) is 139 Å². The molecule has 2 heterocycles. The first kappa shape index (κ1) is 23.9. The van der Waals surface area contributed by atoms with Gasteiger partial charge in [-0.15, -0.1) is 0 Å². The van der Waals surface area contributed by atoms with Gasteiger partial charge in [0.15, 0.2) is 0 Å². The van der Waals surface area contributed by atoms with Crippen molar-refractivity contribution in [3.05, 3.63) is 168 Å². The van der Waals surface area contributed by atoms with E-state index in [0.717, 1.165) is 16.8 Å². The molecule has 6 aromatic rings. The van der Waals surface area contributed by atoms with Crippen LogP contribution < -0.4 is 4.90 Å². The van der Waals surface area contributed by atoms with Crippen LogP contribution in [0.25, 0.3) is 50.8 Å². The second-order valence-corrected chi connectivity index (χ2v) is 11.3. The molecule has 43 heavy (non-hydrogen) atoms. The van der Waals surface area contributed by atoms with Crippen molar-refractivity contribution >= 4 is 51.0 Å². The van der Waals surface area contributed by atoms with Crippen molar-refractivity contribution in [1.29, 1.82) is 0 Å². The van der Waals surface area contributed by atoms with E-state index in [4.69, 9.17) is 0 Å². The van der Waals surface area contributed by atoms with Gasteiger partial charge in [-0.25, -0.2) is 0 Å². The predicted molar refractivity (Wildman–Crippen MR) is 179 cm³/mol. The zero-order valence-corrected chi connectivity index (χ0v) is 23.4. The molecule has 200 valence electrons. The highest BCUT2D eigenvalue weighted by atomic mass is 15.2. The molecule has 2 aliphatic carbocycles. The van der Waals surface area contributed by atoms with E-state index in [0.29, 0.717) is 5.92 Å². The normalized spacial score (nSPS) is 17.9. The topological polar surface area (TPSA) is 8.17 Å². The molecule has 0 saturated carbocycles. The van der Waals surface area contributed by atoms with E-state index in [-0.39, 0.29) is 6.04 Å². The minimum atomic E-state index is 0.229. The van der Waals surface area contributed by atoms with Gasteiger partial charge in [0.05, 0.1) is 22.8 Å². The molecule has 0 bridgehead atoms. The summed E-state index contributed by atoms with van der Waals surface area (Å²) < 4.78 is 2.36. The standard InChI is InChI=1S/C41H26N2/c1-2-10-28(11-3-1)31-20-24-33(25-21-31)43-39-17-9-7-15-35(39)37-26-36-34-14-6-8-16-38(34)42(40(36)27-41(37)43)32-22-18-29-12-4-5-13-30(29)19-23-32/h1-4,6-12,14-21,23-27,35,39H. The van der Waals surface area contributed by atoms with Gasteiger partial charge in [0.25, 0.3) is 0 Å². The third-order valence-corrected chi connectivity index (χ3v) is 8.98. The summed E-state index contributed by atoms with van der Waals surface area (Å²) in [5.41, 5.74) is 15.4. The summed E-state index contributed by atoms with van der Waals surface area (Å²) in [5, 5.41) is 2.52. The average Bonchev–Trinajstić information content (AvgIpc) is 3.47. The summed E-state index contributed by atoms with van der Waals surface area (Å²) in [6, 6.07) is 43.7. The highest BCUT2D eigenvalue weighted by Crippen LogP contribution is 2.50. The number of benzene rings is 4. The Morgan fingerprint density at radius 1 is 0.674 bits per heavy atom. The maximum Gasteiger partial charge on any atom is 0.0891 e. The molecule has 0 saturated heterocycles. The SMILES string of the molecule is C1=Cc2ccc#cc2C=CC=1n1c2ccccc2c2cc3c(cc21)N(c1ccc(-c2ccccc2)cc1)C1C=CC=CC31. The molecule has 0 N–H and O–H groups in total. The van der Waals surface area contributed by atoms with Crippen LogP contribution in [0.3, 0.4) is 0 Å². The molecule has 3 aliphatic rings. The van der Waals surface area contributed by atoms with Crippen LogP contribution in [-0.2, 0) is 0 Å². The van der Waals surface area contributed by atoms with E-state index in [2.05, 4.69) is 167 Å². The molecule has 1 aliphatic heterocycles. The van der Waals surface area contributed by atoms with Gasteiger partial charge in [-0.2, -0.15) is 0 Å². The molecule has 0 radical (unpaired) electrons. The third-order valence-electron chi connectivity index (χ3n) is 8.98. The molecule has 0 amide bonds.